The molecule has 0 amide bonds. The van der Waals surface area contributed by atoms with Crippen LogP contribution in [-0.4, -0.2) is 36.8 Å². The molecular weight excluding hydrogens is 402 g/mol. The average Bonchev–Trinajstić information content (AvgIpc) is 2.62. The van der Waals surface area contributed by atoms with Crippen LogP contribution in [0.25, 0.3) is 0 Å². The Morgan fingerprint density at radius 2 is 1.62 bits per heavy atom. The summed E-state index contributed by atoms with van der Waals surface area (Å²) in [5.74, 6) is 1.02. The fourth-order valence-electron chi connectivity index (χ4n) is 2.44. The highest BCUT2D eigenvalue weighted by atomic mass is 32.2. The summed E-state index contributed by atoms with van der Waals surface area (Å²) in [4.78, 5) is 0. The van der Waals surface area contributed by atoms with Crippen LogP contribution in [0.2, 0.25) is 0 Å². The van der Waals surface area contributed by atoms with E-state index in [1.807, 2.05) is 0 Å². The first-order valence-corrected chi connectivity index (χ1v) is 12.9. The molecule has 29 heavy (non-hydrogen) atoms. The summed E-state index contributed by atoms with van der Waals surface area (Å²) in [6, 6.07) is -0.671. The summed E-state index contributed by atoms with van der Waals surface area (Å²) in [6.07, 6.45) is 12.9. The van der Waals surface area contributed by atoms with E-state index in [-0.39, 0.29) is 11.5 Å². The molecule has 0 aromatic heterocycles. The third-order valence-electron chi connectivity index (χ3n) is 4.27. The van der Waals surface area contributed by atoms with Gasteiger partial charge in [-0.2, -0.15) is 11.8 Å². The maximum absolute atomic E-state index is 12.0. The third-order valence-corrected chi connectivity index (χ3v) is 6.66. The molecule has 0 aromatic carbocycles. The van der Waals surface area contributed by atoms with Crippen LogP contribution in [0.4, 0.5) is 0 Å². The minimum Gasteiger partial charge on any atom is -0.511 e. The van der Waals surface area contributed by atoms with Crippen LogP contribution in [0, 0.1) is 0 Å². The molecule has 0 fully saturated rings. The lowest BCUT2D eigenvalue weighted by Crippen LogP contribution is -2.39. The van der Waals surface area contributed by atoms with Crippen LogP contribution >= 0.6 is 11.8 Å². The number of hydrogen-bond acceptors (Lipinski definition) is 4. The van der Waals surface area contributed by atoms with E-state index in [1.165, 1.54) is 16.7 Å². The van der Waals surface area contributed by atoms with Crippen molar-refractivity contribution in [1.29, 1.82) is 0 Å². The van der Waals surface area contributed by atoms with Crippen molar-refractivity contribution in [2.24, 2.45) is 0 Å². The molecule has 4 nitrogen and oxygen atoms in total. The minimum atomic E-state index is -3.45. The zero-order valence-corrected chi connectivity index (χ0v) is 20.2. The summed E-state index contributed by atoms with van der Waals surface area (Å²) in [5, 5.41) is 9.69. The highest BCUT2D eigenvalue weighted by molar-refractivity contribution is 7.99. The third kappa shape index (κ3) is 16.3. The number of nitrogens with one attached hydrogen (secondary N) is 1. The number of rotatable bonds is 16. The Morgan fingerprint density at radius 3 is 2.17 bits per heavy atom. The van der Waals surface area contributed by atoms with Crippen molar-refractivity contribution >= 4 is 21.8 Å². The topological polar surface area (TPSA) is 66.4 Å². The summed E-state index contributed by atoms with van der Waals surface area (Å²) in [6.45, 7) is 15.6. The zero-order chi connectivity index (χ0) is 22.3. The van der Waals surface area contributed by atoms with E-state index in [1.54, 1.807) is 17.8 Å². The highest BCUT2D eigenvalue weighted by Crippen LogP contribution is 2.14. The van der Waals surface area contributed by atoms with Gasteiger partial charge < -0.3 is 5.11 Å². The summed E-state index contributed by atoms with van der Waals surface area (Å²) < 4.78 is 26.5. The van der Waals surface area contributed by atoms with Gasteiger partial charge in [-0.25, -0.2) is 13.1 Å². The van der Waals surface area contributed by atoms with E-state index in [2.05, 4.69) is 63.8 Å². The molecule has 0 saturated carbocycles. The molecular formula is C23H39NO3S2. The van der Waals surface area contributed by atoms with Crippen LogP contribution in [0.3, 0.4) is 0 Å². The standard InChI is InChI=1S/C23H39NO3S2/c1-7-8-17-29(26,27)24-23(22(6)25)18-28-16-15-21(5)14-10-13-20(4)12-9-11-19(2)3/h7,11,13,15,23-25H,1,6,8-10,12,14,16-18H2,2-5H3/b20-13+,21-15+. The van der Waals surface area contributed by atoms with E-state index in [9.17, 15) is 13.5 Å². The first-order valence-electron chi connectivity index (χ1n) is 10.1. The Labute approximate surface area is 183 Å². The zero-order valence-electron chi connectivity index (χ0n) is 18.5. The van der Waals surface area contributed by atoms with Crippen LogP contribution in [0.5, 0.6) is 0 Å². The van der Waals surface area contributed by atoms with Crippen molar-refractivity contribution in [1.82, 2.24) is 4.72 Å². The second kappa shape index (κ2) is 15.6. The van der Waals surface area contributed by atoms with Gasteiger partial charge in [0.15, 0.2) is 0 Å². The van der Waals surface area contributed by atoms with Gasteiger partial charge in [-0.15, -0.1) is 6.58 Å². The van der Waals surface area contributed by atoms with E-state index in [0.717, 1.165) is 31.4 Å². The molecule has 0 aliphatic heterocycles. The summed E-state index contributed by atoms with van der Waals surface area (Å²) >= 11 is 1.57. The van der Waals surface area contributed by atoms with Crippen molar-refractivity contribution in [2.75, 3.05) is 17.3 Å². The predicted octanol–water partition coefficient (Wildman–Crippen LogP) is 6.07. The molecule has 0 spiro atoms. The van der Waals surface area contributed by atoms with Crippen molar-refractivity contribution < 1.29 is 13.5 Å². The van der Waals surface area contributed by atoms with E-state index in [4.69, 9.17) is 0 Å². The fourth-order valence-corrected chi connectivity index (χ4v) is 4.84. The van der Waals surface area contributed by atoms with Crippen molar-refractivity contribution in [3.8, 4) is 0 Å². The van der Waals surface area contributed by atoms with Crippen LogP contribution < -0.4 is 4.72 Å². The molecule has 1 atom stereocenters. The lowest BCUT2D eigenvalue weighted by atomic mass is 10.1. The quantitative estimate of drug-likeness (QED) is 0.173. The van der Waals surface area contributed by atoms with Crippen LogP contribution in [0.15, 0.2) is 59.9 Å². The largest absolute Gasteiger partial charge is 0.511 e. The van der Waals surface area contributed by atoms with Gasteiger partial charge in [0, 0.05) is 11.5 Å². The van der Waals surface area contributed by atoms with Gasteiger partial charge >= 0.3 is 0 Å². The highest BCUT2D eigenvalue weighted by Gasteiger charge is 2.19. The van der Waals surface area contributed by atoms with Gasteiger partial charge in [0.2, 0.25) is 10.0 Å². The van der Waals surface area contributed by atoms with Gasteiger partial charge in [0.25, 0.3) is 0 Å². The molecule has 0 aliphatic rings. The molecule has 6 heteroatoms. The number of aliphatic hydroxyl groups is 1. The second-order valence-corrected chi connectivity index (χ2v) is 10.5. The monoisotopic (exact) mass is 441 g/mol. The second-order valence-electron chi connectivity index (χ2n) is 7.56. The van der Waals surface area contributed by atoms with Crippen molar-refractivity contribution in [2.45, 2.75) is 65.8 Å². The number of sulfonamides is 1. The normalized spacial score (nSPS) is 13.8. The SMILES string of the molecule is C=CCCS(=O)(=O)NC(CSC/C=C(\C)CC/C=C(\C)CCC=C(C)C)C(=C)O. The molecule has 1 unspecified atom stereocenters. The van der Waals surface area contributed by atoms with Crippen molar-refractivity contribution in [3.05, 3.63) is 59.9 Å². The summed E-state index contributed by atoms with van der Waals surface area (Å²) in [5.41, 5.74) is 4.11. The fraction of sp³-hybridized carbons (Fsp3) is 0.565. The number of thioether (sulfide) groups is 1. The summed E-state index contributed by atoms with van der Waals surface area (Å²) in [7, 11) is -3.45. The average molecular weight is 442 g/mol. The Hall–Kier alpha value is -1.24. The number of hydrogen-bond donors (Lipinski definition) is 2. The molecule has 0 radical (unpaired) electrons. The van der Waals surface area contributed by atoms with Crippen molar-refractivity contribution in [3.63, 3.8) is 0 Å². The van der Waals surface area contributed by atoms with Crippen LogP contribution in [-0.2, 0) is 10.0 Å². The van der Waals surface area contributed by atoms with Crippen LogP contribution in [0.1, 0.15) is 59.8 Å². The molecule has 0 heterocycles. The van der Waals surface area contributed by atoms with E-state index in [0.29, 0.717) is 12.2 Å². The molecule has 166 valence electrons. The first-order chi connectivity index (χ1) is 13.6. The minimum absolute atomic E-state index is 0.0365. The number of aliphatic hydroxyl groups excluding tert-OH is 1. The maximum atomic E-state index is 12.0. The Balaban J connectivity index is 4.32. The van der Waals surface area contributed by atoms with E-state index >= 15 is 0 Å². The van der Waals surface area contributed by atoms with E-state index < -0.39 is 16.1 Å². The Kier molecular flexibility index (Phi) is 14.9. The van der Waals surface area contributed by atoms with Gasteiger partial charge in [-0.05, 0) is 59.8 Å². The smallest absolute Gasteiger partial charge is 0.212 e. The molecule has 0 saturated heterocycles. The molecule has 2 N–H and O–H groups in total. The van der Waals surface area contributed by atoms with Gasteiger partial charge in [-0.1, -0.05) is 47.6 Å². The molecule has 0 aliphatic carbocycles. The molecule has 0 bridgehead atoms. The molecule has 0 rings (SSSR count). The Bertz CT molecular complexity index is 700. The maximum Gasteiger partial charge on any atom is 0.212 e. The lowest BCUT2D eigenvalue weighted by Gasteiger charge is -2.16. The predicted molar refractivity (Wildman–Crippen MR) is 130 cm³/mol. The molecule has 0 aromatic rings. The number of allylic oxidation sites excluding steroid dienone is 6. The Morgan fingerprint density at radius 1 is 1.03 bits per heavy atom. The van der Waals surface area contributed by atoms with Gasteiger partial charge in [0.05, 0.1) is 11.8 Å². The lowest BCUT2D eigenvalue weighted by molar-refractivity contribution is 0.369. The van der Waals surface area contributed by atoms with Gasteiger partial charge in [0.1, 0.15) is 5.76 Å². The van der Waals surface area contributed by atoms with Gasteiger partial charge in [-0.3, -0.25) is 0 Å². The first kappa shape index (κ1) is 27.8.